The van der Waals surface area contributed by atoms with Crippen LogP contribution in [0.4, 0.5) is 0 Å². The van der Waals surface area contributed by atoms with E-state index in [1.165, 1.54) is 19.3 Å². The van der Waals surface area contributed by atoms with Gasteiger partial charge in [-0.1, -0.05) is 25.5 Å². The number of hydrogen-bond acceptors (Lipinski definition) is 3. The van der Waals surface area contributed by atoms with Crippen molar-refractivity contribution >= 4 is 16.9 Å². The highest BCUT2D eigenvalue weighted by atomic mass is 16.2. The molecule has 6 nitrogen and oxygen atoms in total. The third-order valence-corrected chi connectivity index (χ3v) is 5.06. The quantitative estimate of drug-likeness (QED) is 0.825. The molecule has 1 unspecified atom stereocenters. The largest absolute Gasteiger partial charge is 0.351 e. The summed E-state index contributed by atoms with van der Waals surface area (Å²) in [6.07, 6.45) is 4.68. The van der Waals surface area contributed by atoms with Crippen LogP contribution in [-0.4, -0.2) is 45.6 Å². The summed E-state index contributed by atoms with van der Waals surface area (Å²) in [6.45, 7) is 7.93. The van der Waals surface area contributed by atoms with Gasteiger partial charge in [-0.2, -0.15) is 0 Å². The molecule has 1 atom stereocenters. The Hall–Kier alpha value is -2.08. The van der Waals surface area contributed by atoms with Gasteiger partial charge in [0.1, 0.15) is 6.54 Å². The lowest BCUT2D eigenvalue weighted by Gasteiger charge is -2.29. The number of rotatable bonds is 7. The van der Waals surface area contributed by atoms with E-state index in [9.17, 15) is 9.59 Å². The molecule has 0 radical (unpaired) electrons. The van der Waals surface area contributed by atoms with Crippen LogP contribution in [-0.2, 0) is 17.9 Å². The number of piperidine rings is 1. The lowest BCUT2D eigenvalue weighted by atomic mass is 10.1. The van der Waals surface area contributed by atoms with E-state index < -0.39 is 0 Å². The van der Waals surface area contributed by atoms with Gasteiger partial charge in [0.2, 0.25) is 5.91 Å². The van der Waals surface area contributed by atoms with Gasteiger partial charge in [0, 0.05) is 19.1 Å². The number of carbonyl (C=O) groups excluding carboxylic acids is 1. The molecule has 1 amide bonds. The summed E-state index contributed by atoms with van der Waals surface area (Å²) in [5.41, 5.74) is 1.62. The molecule has 6 heteroatoms. The first-order valence-corrected chi connectivity index (χ1v) is 9.80. The highest BCUT2D eigenvalue weighted by molar-refractivity contribution is 5.81. The number of fused-ring (bicyclic) bond motifs is 1. The maximum atomic E-state index is 12.8. The van der Waals surface area contributed by atoms with E-state index in [1.54, 1.807) is 9.13 Å². The molecule has 0 saturated carbocycles. The molecule has 1 fully saturated rings. The summed E-state index contributed by atoms with van der Waals surface area (Å²) < 4.78 is 3.35. The highest BCUT2D eigenvalue weighted by Crippen LogP contribution is 2.13. The maximum absolute atomic E-state index is 12.8. The van der Waals surface area contributed by atoms with Gasteiger partial charge in [0.25, 0.3) is 0 Å². The van der Waals surface area contributed by atoms with E-state index >= 15 is 0 Å². The smallest absolute Gasteiger partial charge is 0.329 e. The maximum Gasteiger partial charge on any atom is 0.329 e. The summed E-state index contributed by atoms with van der Waals surface area (Å²) in [7, 11) is 0. The molecule has 1 aliphatic heterocycles. The molecule has 0 aliphatic carbocycles. The summed E-state index contributed by atoms with van der Waals surface area (Å²) in [6, 6.07) is 7.78. The summed E-state index contributed by atoms with van der Waals surface area (Å²) in [5, 5.41) is 3.06. The van der Waals surface area contributed by atoms with E-state index in [4.69, 9.17) is 0 Å². The van der Waals surface area contributed by atoms with E-state index in [2.05, 4.69) is 10.2 Å². The van der Waals surface area contributed by atoms with Crippen LogP contribution in [0, 0.1) is 0 Å². The minimum Gasteiger partial charge on any atom is -0.351 e. The van der Waals surface area contributed by atoms with Crippen molar-refractivity contribution in [1.29, 1.82) is 0 Å². The van der Waals surface area contributed by atoms with Crippen molar-refractivity contribution in [3.63, 3.8) is 0 Å². The average molecular weight is 358 g/mol. The minimum absolute atomic E-state index is 0.0698. The molecule has 1 saturated heterocycles. The Morgan fingerprint density at radius 2 is 1.77 bits per heavy atom. The monoisotopic (exact) mass is 358 g/mol. The van der Waals surface area contributed by atoms with E-state index in [0.717, 1.165) is 37.1 Å². The first kappa shape index (κ1) is 18.7. The number of aryl methyl sites for hydroxylation is 1. The Bertz CT molecular complexity index is 802. The number of nitrogens with one attached hydrogen (secondary N) is 1. The summed E-state index contributed by atoms with van der Waals surface area (Å²) in [5.74, 6) is -0.101. The van der Waals surface area contributed by atoms with Crippen LogP contribution in [0.1, 0.15) is 39.5 Å². The second-order valence-corrected chi connectivity index (χ2v) is 7.34. The molecule has 2 aromatic rings. The van der Waals surface area contributed by atoms with Crippen LogP contribution in [0.15, 0.2) is 29.1 Å². The zero-order valence-corrected chi connectivity index (χ0v) is 15.9. The van der Waals surface area contributed by atoms with Crippen molar-refractivity contribution in [2.24, 2.45) is 0 Å². The van der Waals surface area contributed by atoms with Gasteiger partial charge in [-0.15, -0.1) is 0 Å². The van der Waals surface area contributed by atoms with Crippen LogP contribution in [0.5, 0.6) is 0 Å². The molecular formula is C20H30N4O2. The topological polar surface area (TPSA) is 59.3 Å². The first-order valence-electron chi connectivity index (χ1n) is 9.80. The predicted molar refractivity (Wildman–Crippen MR) is 104 cm³/mol. The van der Waals surface area contributed by atoms with Crippen molar-refractivity contribution in [2.75, 3.05) is 19.6 Å². The van der Waals surface area contributed by atoms with Crippen molar-refractivity contribution in [3.05, 3.63) is 34.7 Å². The molecule has 142 valence electrons. The molecule has 1 aliphatic rings. The number of aromatic nitrogens is 2. The van der Waals surface area contributed by atoms with Gasteiger partial charge < -0.3 is 10.2 Å². The first-order chi connectivity index (χ1) is 12.6. The Morgan fingerprint density at radius 3 is 2.42 bits per heavy atom. The van der Waals surface area contributed by atoms with Crippen molar-refractivity contribution in [3.8, 4) is 0 Å². The van der Waals surface area contributed by atoms with Gasteiger partial charge in [-0.05, 0) is 51.4 Å². The fourth-order valence-electron chi connectivity index (χ4n) is 3.90. The van der Waals surface area contributed by atoms with E-state index in [1.807, 2.05) is 38.1 Å². The lowest BCUT2D eigenvalue weighted by Crippen LogP contribution is -2.45. The summed E-state index contributed by atoms with van der Waals surface area (Å²) >= 11 is 0. The number of benzene rings is 1. The number of imidazole rings is 1. The molecular weight excluding hydrogens is 328 g/mol. The van der Waals surface area contributed by atoms with Crippen molar-refractivity contribution < 1.29 is 4.79 Å². The number of amides is 1. The van der Waals surface area contributed by atoms with Crippen LogP contribution < -0.4 is 11.0 Å². The third kappa shape index (κ3) is 4.18. The number of hydrogen-bond donors (Lipinski definition) is 1. The van der Waals surface area contributed by atoms with E-state index in [-0.39, 0.29) is 24.2 Å². The predicted octanol–water partition coefficient (Wildman–Crippen LogP) is 2.20. The molecule has 1 aromatic heterocycles. The summed E-state index contributed by atoms with van der Waals surface area (Å²) in [4.78, 5) is 27.7. The number of carbonyl (C=O) groups is 1. The van der Waals surface area contributed by atoms with Gasteiger partial charge in [-0.3, -0.25) is 13.9 Å². The van der Waals surface area contributed by atoms with E-state index in [0.29, 0.717) is 6.54 Å². The Morgan fingerprint density at radius 1 is 1.12 bits per heavy atom. The molecule has 0 bridgehead atoms. The molecule has 2 heterocycles. The Balaban J connectivity index is 1.69. The number of likely N-dealkylation sites (tertiary alicyclic amines) is 1. The normalized spacial score (nSPS) is 16.7. The van der Waals surface area contributed by atoms with Crippen LogP contribution in [0.3, 0.4) is 0 Å². The van der Waals surface area contributed by atoms with Gasteiger partial charge >= 0.3 is 5.69 Å². The van der Waals surface area contributed by atoms with Gasteiger partial charge in [0.15, 0.2) is 0 Å². The average Bonchev–Trinajstić information content (AvgIpc) is 2.89. The van der Waals surface area contributed by atoms with Gasteiger partial charge in [0.05, 0.1) is 11.0 Å². The minimum atomic E-state index is -0.105. The zero-order chi connectivity index (χ0) is 18.5. The molecule has 3 rings (SSSR count). The van der Waals surface area contributed by atoms with Crippen molar-refractivity contribution in [1.82, 2.24) is 19.4 Å². The molecule has 1 aromatic carbocycles. The zero-order valence-electron chi connectivity index (χ0n) is 15.9. The lowest BCUT2D eigenvalue weighted by molar-refractivity contribution is -0.122. The third-order valence-electron chi connectivity index (χ3n) is 5.06. The van der Waals surface area contributed by atoms with Crippen LogP contribution in [0.25, 0.3) is 11.0 Å². The highest BCUT2D eigenvalue weighted by Gasteiger charge is 2.18. The SMILES string of the molecule is CCCn1c(=O)n(CC(=O)NC(C)CN2CCCCC2)c2ccccc21. The Labute approximate surface area is 154 Å². The second-order valence-electron chi connectivity index (χ2n) is 7.34. The van der Waals surface area contributed by atoms with Crippen LogP contribution in [0.2, 0.25) is 0 Å². The standard InChI is InChI=1S/C20H30N4O2/c1-3-11-23-17-9-5-6-10-18(17)24(20(23)26)15-19(25)21-16(2)14-22-12-7-4-8-13-22/h5-6,9-10,16H,3-4,7-8,11-15H2,1-2H3,(H,21,25). The fourth-order valence-corrected chi connectivity index (χ4v) is 3.90. The second kappa shape index (κ2) is 8.54. The molecule has 0 spiro atoms. The van der Waals surface area contributed by atoms with Crippen molar-refractivity contribution in [2.45, 2.75) is 58.7 Å². The van der Waals surface area contributed by atoms with Crippen LogP contribution >= 0.6 is 0 Å². The molecule has 1 N–H and O–H groups in total. The molecule has 26 heavy (non-hydrogen) atoms. The van der Waals surface area contributed by atoms with Gasteiger partial charge in [-0.25, -0.2) is 4.79 Å². The number of para-hydroxylation sites is 2. The number of nitrogens with zero attached hydrogens (tertiary/aromatic N) is 3. The fraction of sp³-hybridized carbons (Fsp3) is 0.600. The Kier molecular flexibility index (Phi) is 6.14.